The Balaban J connectivity index is 4.26. The molecule has 0 N–H and O–H groups in total. The van der Waals surface area contributed by atoms with Gasteiger partial charge in [-0.15, -0.1) is 0 Å². The van der Waals surface area contributed by atoms with Crippen molar-refractivity contribution in [1.82, 2.24) is 0 Å². The highest BCUT2D eigenvalue weighted by Gasteiger charge is 2.19. The van der Waals surface area contributed by atoms with Gasteiger partial charge in [0, 0.05) is 19.3 Å². The highest BCUT2D eigenvalue weighted by Crippen LogP contribution is 2.15. The molecule has 0 spiro atoms. The predicted octanol–water partition coefficient (Wildman–Crippen LogP) is 21.8. The second-order valence-electron chi connectivity index (χ2n) is 20.6. The van der Waals surface area contributed by atoms with Crippen molar-refractivity contribution in [3.63, 3.8) is 0 Å². The number of ether oxygens (including phenoxy) is 3. The van der Waals surface area contributed by atoms with E-state index in [-0.39, 0.29) is 31.1 Å². The molecule has 436 valence electrons. The highest BCUT2D eigenvalue weighted by molar-refractivity contribution is 5.71. The Morgan fingerprint density at radius 2 is 0.506 bits per heavy atom. The number of hydrogen-bond acceptors (Lipinski definition) is 6. The molecule has 77 heavy (non-hydrogen) atoms. The molecule has 1 unspecified atom stereocenters. The fraction of sp³-hybridized carbons (Fsp3) is 0.648. The average molecular weight is 1070 g/mol. The summed E-state index contributed by atoms with van der Waals surface area (Å²) in [6.07, 6.45) is 90.5. The van der Waals surface area contributed by atoms with E-state index in [4.69, 9.17) is 14.2 Å². The Hall–Kier alpha value is -4.45. The quantitative estimate of drug-likeness (QED) is 0.0261. The van der Waals surface area contributed by atoms with Crippen molar-refractivity contribution in [2.75, 3.05) is 13.2 Å². The zero-order valence-corrected chi connectivity index (χ0v) is 49.9. The largest absolute Gasteiger partial charge is 0.462 e. The van der Waals surface area contributed by atoms with Gasteiger partial charge in [0.15, 0.2) is 6.10 Å². The fourth-order valence-corrected chi connectivity index (χ4v) is 8.41. The van der Waals surface area contributed by atoms with Crippen LogP contribution in [-0.4, -0.2) is 37.2 Å². The van der Waals surface area contributed by atoms with Gasteiger partial charge in [0.1, 0.15) is 13.2 Å². The zero-order valence-electron chi connectivity index (χ0n) is 49.9. The summed E-state index contributed by atoms with van der Waals surface area (Å²) in [4.78, 5) is 38.1. The summed E-state index contributed by atoms with van der Waals surface area (Å²) in [7, 11) is 0. The van der Waals surface area contributed by atoms with Gasteiger partial charge in [-0.2, -0.15) is 0 Å². The molecule has 0 bridgehead atoms. The molecule has 0 saturated carbocycles. The van der Waals surface area contributed by atoms with Crippen LogP contribution in [0.2, 0.25) is 0 Å². The van der Waals surface area contributed by atoms with Gasteiger partial charge in [-0.3, -0.25) is 14.4 Å². The molecule has 0 aromatic rings. The molecule has 0 aromatic carbocycles. The minimum atomic E-state index is -0.796. The Morgan fingerprint density at radius 3 is 0.805 bits per heavy atom. The SMILES string of the molecule is CC/C=C\C/C=C\C/C=C\C/C=C\C/C=C\C/C=C\C/C=C\C/C=C\C/C=C\CCCCCC(=O)OCC(COC(=O)CCCCCCCCC)OC(=O)CCCCCCCCCCC/C=C\C/C=C\CCCCCCC. The lowest BCUT2D eigenvalue weighted by atomic mass is 10.1. The molecule has 0 amide bonds. The Labute approximate surface area is 475 Å². The third kappa shape index (κ3) is 62.3. The van der Waals surface area contributed by atoms with E-state index in [1.54, 1.807) is 0 Å². The number of hydrogen-bond donors (Lipinski definition) is 0. The Bertz CT molecular complexity index is 1650. The monoisotopic (exact) mass is 1060 g/mol. The summed E-state index contributed by atoms with van der Waals surface area (Å²) >= 11 is 0. The van der Waals surface area contributed by atoms with Gasteiger partial charge in [-0.1, -0.05) is 270 Å². The van der Waals surface area contributed by atoms with Crippen molar-refractivity contribution in [3.05, 3.63) is 134 Å². The van der Waals surface area contributed by atoms with Crippen LogP contribution in [0.5, 0.6) is 0 Å². The van der Waals surface area contributed by atoms with E-state index in [1.165, 1.54) is 109 Å². The first-order chi connectivity index (χ1) is 38.0. The van der Waals surface area contributed by atoms with Crippen LogP contribution in [0.15, 0.2) is 134 Å². The highest BCUT2D eigenvalue weighted by atomic mass is 16.6. The van der Waals surface area contributed by atoms with Gasteiger partial charge in [-0.25, -0.2) is 0 Å². The second kappa shape index (κ2) is 64.1. The maximum Gasteiger partial charge on any atom is 0.306 e. The van der Waals surface area contributed by atoms with Gasteiger partial charge in [0.05, 0.1) is 0 Å². The predicted molar refractivity (Wildman–Crippen MR) is 334 cm³/mol. The number of carbonyl (C=O) groups is 3. The van der Waals surface area contributed by atoms with Gasteiger partial charge in [0.2, 0.25) is 0 Å². The molecular weight excluding hydrogens is 949 g/mol. The first-order valence-electron chi connectivity index (χ1n) is 31.7. The fourth-order valence-electron chi connectivity index (χ4n) is 8.41. The molecular formula is C71H116O6. The van der Waals surface area contributed by atoms with Crippen LogP contribution in [-0.2, 0) is 28.6 Å². The minimum Gasteiger partial charge on any atom is -0.462 e. The van der Waals surface area contributed by atoms with Gasteiger partial charge < -0.3 is 14.2 Å². The zero-order chi connectivity index (χ0) is 55.7. The third-order valence-electron chi connectivity index (χ3n) is 13.1. The summed E-state index contributed by atoms with van der Waals surface area (Å²) in [5, 5.41) is 0. The van der Waals surface area contributed by atoms with Crippen molar-refractivity contribution < 1.29 is 28.6 Å². The normalized spacial score (nSPS) is 13.0. The van der Waals surface area contributed by atoms with E-state index in [2.05, 4.69) is 154 Å². The van der Waals surface area contributed by atoms with Crippen LogP contribution in [0, 0.1) is 0 Å². The Kier molecular flexibility index (Phi) is 60.4. The number of carbonyl (C=O) groups excluding carboxylic acids is 3. The molecule has 0 rings (SSSR count). The van der Waals surface area contributed by atoms with Crippen molar-refractivity contribution in [1.29, 1.82) is 0 Å². The first-order valence-corrected chi connectivity index (χ1v) is 31.7. The van der Waals surface area contributed by atoms with E-state index in [1.807, 2.05) is 0 Å². The number of allylic oxidation sites excluding steroid dienone is 22. The molecule has 6 nitrogen and oxygen atoms in total. The van der Waals surface area contributed by atoms with E-state index in [0.717, 1.165) is 128 Å². The van der Waals surface area contributed by atoms with Gasteiger partial charge in [-0.05, 0) is 122 Å². The van der Waals surface area contributed by atoms with Crippen LogP contribution in [0.4, 0.5) is 0 Å². The van der Waals surface area contributed by atoms with Crippen LogP contribution >= 0.6 is 0 Å². The average Bonchev–Trinajstić information content (AvgIpc) is 3.43. The first kappa shape index (κ1) is 72.5. The molecule has 1 atom stereocenters. The van der Waals surface area contributed by atoms with Crippen LogP contribution in [0.3, 0.4) is 0 Å². The van der Waals surface area contributed by atoms with E-state index < -0.39 is 6.10 Å². The summed E-state index contributed by atoms with van der Waals surface area (Å²) in [6, 6.07) is 0. The molecule has 0 saturated heterocycles. The van der Waals surface area contributed by atoms with E-state index in [0.29, 0.717) is 19.3 Å². The lowest BCUT2D eigenvalue weighted by Crippen LogP contribution is -2.30. The van der Waals surface area contributed by atoms with Crippen molar-refractivity contribution in [3.8, 4) is 0 Å². The summed E-state index contributed by atoms with van der Waals surface area (Å²) in [5.74, 6) is -0.938. The number of unbranched alkanes of at least 4 members (excludes halogenated alkanes) is 23. The Morgan fingerprint density at radius 1 is 0.273 bits per heavy atom. The summed E-state index contributed by atoms with van der Waals surface area (Å²) in [6.45, 7) is 6.44. The van der Waals surface area contributed by atoms with Crippen molar-refractivity contribution >= 4 is 17.9 Å². The molecule has 0 heterocycles. The van der Waals surface area contributed by atoms with Crippen molar-refractivity contribution in [2.45, 2.75) is 284 Å². The topological polar surface area (TPSA) is 78.9 Å². The van der Waals surface area contributed by atoms with Crippen LogP contribution < -0.4 is 0 Å². The second-order valence-corrected chi connectivity index (χ2v) is 20.6. The standard InChI is InChI=1S/C71H116O6/c1-4-7-10-13-16-18-20-22-24-26-28-30-31-32-33-34-35-36-37-38-39-41-42-44-46-48-50-52-55-58-61-64-70(73)76-67-68(66-75-69(72)63-60-57-54-15-12-9-6-3)77-71(74)65-62-59-56-53-51-49-47-45-43-40-29-27-25-23-21-19-17-14-11-8-5-2/h7,10,16,18,21-24,27-30,32-33,35-36,38-39,42,44,48,50,68H,4-6,8-9,11-15,17,19-20,25-26,31,34,37,40-41,43,45-47,49,51-67H2,1-3H3/b10-7-,18-16-,23-21-,24-22-,29-27-,30-28-,33-32-,36-35-,39-38-,44-42-,50-48-. The third-order valence-corrected chi connectivity index (χ3v) is 13.1. The summed E-state index contributed by atoms with van der Waals surface area (Å²) < 4.78 is 16.8. The van der Waals surface area contributed by atoms with E-state index >= 15 is 0 Å². The summed E-state index contributed by atoms with van der Waals surface area (Å²) in [5.41, 5.74) is 0. The molecule has 0 aliphatic carbocycles. The van der Waals surface area contributed by atoms with Crippen LogP contribution in [0.1, 0.15) is 278 Å². The van der Waals surface area contributed by atoms with Crippen LogP contribution in [0.25, 0.3) is 0 Å². The number of rotatable bonds is 56. The minimum absolute atomic E-state index is 0.0927. The molecule has 0 radical (unpaired) electrons. The lowest BCUT2D eigenvalue weighted by Gasteiger charge is -2.18. The molecule has 6 heteroatoms. The van der Waals surface area contributed by atoms with Gasteiger partial charge in [0.25, 0.3) is 0 Å². The molecule has 0 aliphatic heterocycles. The number of esters is 3. The van der Waals surface area contributed by atoms with E-state index in [9.17, 15) is 14.4 Å². The lowest BCUT2D eigenvalue weighted by molar-refractivity contribution is -0.167. The van der Waals surface area contributed by atoms with Crippen molar-refractivity contribution in [2.24, 2.45) is 0 Å². The molecule has 0 fully saturated rings. The smallest absolute Gasteiger partial charge is 0.306 e. The van der Waals surface area contributed by atoms with Gasteiger partial charge >= 0.3 is 17.9 Å². The maximum atomic E-state index is 12.9. The molecule has 0 aromatic heterocycles. The molecule has 0 aliphatic rings. The maximum absolute atomic E-state index is 12.9.